The van der Waals surface area contributed by atoms with Crippen molar-refractivity contribution >= 4 is 11.6 Å². The largest absolute Gasteiger partial charge is 0.240 e. The Labute approximate surface area is 117 Å². The van der Waals surface area contributed by atoms with Gasteiger partial charge in [-0.05, 0) is 23.3 Å². The van der Waals surface area contributed by atoms with Crippen LogP contribution in [0.15, 0.2) is 67.0 Å². The maximum absolute atomic E-state index is 5.86. The first-order valence-corrected chi connectivity index (χ1v) is 6.65. The number of hydrogen-bond acceptors (Lipinski definition) is 1. The van der Waals surface area contributed by atoms with Crippen molar-refractivity contribution in [2.45, 2.75) is 5.88 Å². The number of rotatable bonds is 3. The van der Waals surface area contributed by atoms with Crippen molar-refractivity contribution in [3.05, 3.63) is 72.6 Å². The summed E-state index contributed by atoms with van der Waals surface area (Å²) in [7, 11) is 0. The fourth-order valence-corrected chi connectivity index (χ4v) is 2.19. The SMILES string of the molecule is ClCc1cccc(-n2cc(-c3ccccc3)cn2)c1. The van der Waals surface area contributed by atoms with E-state index in [9.17, 15) is 0 Å². The highest BCUT2D eigenvalue weighted by Gasteiger charge is 2.03. The lowest BCUT2D eigenvalue weighted by Gasteiger charge is -2.02. The van der Waals surface area contributed by atoms with Crippen LogP contribution < -0.4 is 0 Å². The van der Waals surface area contributed by atoms with E-state index in [1.54, 1.807) is 0 Å². The number of aromatic nitrogens is 2. The molecular weight excluding hydrogens is 256 g/mol. The topological polar surface area (TPSA) is 17.8 Å². The third-order valence-electron chi connectivity index (χ3n) is 3.02. The molecule has 0 spiro atoms. The molecule has 3 heteroatoms. The Morgan fingerprint density at radius 1 is 0.947 bits per heavy atom. The molecule has 0 fully saturated rings. The van der Waals surface area contributed by atoms with E-state index in [1.807, 2.05) is 53.5 Å². The van der Waals surface area contributed by atoms with Crippen molar-refractivity contribution < 1.29 is 0 Å². The number of alkyl halides is 1. The molecule has 0 aliphatic rings. The van der Waals surface area contributed by atoms with Crippen LogP contribution in [0.3, 0.4) is 0 Å². The summed E-state index contributed by atoms with van der Waals surface area (Å²) in [5, 5.41) is 4.41. The molecule has 0 saturated carbocycles. The normalized spacial score (nSPS) is 10.6. The first kappa shape index (κ1) is 12.0. The smallest absolute Gasteiger partial charge is 0.0648 e. The Morgan fingerprint density at radius 3 is 2.58 bits per heavy atom. The fourth-order valence-electron chi connectivity index (χ4n) is 2.03. The first-order chi connectivity index (χ1) is 9.36. The van der Waals surface area contributed by atoms with Crippen LogP contribution in [-0.4, -0.2) is 9.78 Å². The summed E-state index contributed by atoms with van der Waals surface area (Å²) in [6.07, 6.45) is 3.91. The maximum Gasteiger partial charge on any atom is 0.0648 e. The lowest BCUT2D eigenvalue weighted by atomic mass is 10.1. The molecule has 0 N–H and O–H groups in total. The second-order valence-corrected chi connectivity index (χ2v) is 4.61. The van der Waals surface area contributed by atoms with E-state index in [0.717, 1.165) is 16.8 Å². The lowest BCUT2D eigenvalue weighted by Crippen LogP contribution is -1.94. The molecule has 3 aromatic rings. The summed E-state index contributed by atoms with van der Waals surface area (Å²) in [6.45, 7) is 0. The van der Waals surface area contributed by atoms with E-state index in [-0.39, 0.29) is 0 Å². The Balaban J connectivity index is 1.97. The molecule has 0 radical (unpaired) electrons. The quantitative estimate of drug-likeness (QED) is 0.649. The average molecular weight is 269 g/mol. The Morgan fingerprint density at radius 2 is 1.79 bits per heavy atom. The third kappa shape index (κ3) is 2.54. The molecule has 94 valence electrons. The summed E-state index contributed by atoms with van der Waals surface area (Å²) in [5.74, 6) is 0.515. The van der Waals surface area contributed by atoms with Crippen molar-refractivity contribution in [3.63, 3.8) is 0 Å². The summed E-state index contributed by atoms with van der Waals surface area (Å²) < 4.78 is 1.87. The predicted molar refractivity (Wildman–Crippen MR) is 78.6 cm³/mol. The van der Waals surface area contributed by atoms with Crippen LogP contribution in [-0.2, 0) is 5.88 Å². The van der Waals surface area contributed by atoms with E-state index in [2.05, 4.69) is 23.3 Å². The number of halogens is 1. The second kappa shape index (κ2) is 5.29. The van der Waals surface area contributed by atoms with E-state index in [4.69, 9.17) is 11.6 Å². The van der Waals surface area contributed by atoms with Crippen LogP contribution in [0, 0.1) is 0 Å². The number of benzene rings is 2. The first-order valence-electron chi connectivity index (χ1n) is 6.12. The van der Waals surface area contributed by atoms with Crippen LogP contribution in [0.4, 0.5) is 0 Å². The highest BCUT2D eigenvalue weighted by atomic mass is 35.5. The van der Waals surface area contributed by atoms with Gasteiger partial charge in [0.05, 0.1) is 11.9 Å². The minimum Gasteiger partial charge on any atom is -0.240 e. The van der Waals surface area contributed by atoms with Gasteiger partial charge >= 0.3 is 0 Å². The molecule has 0 amide bonds. The van der Waals surface area contributed by atoms with Gasteiger partial charge in [-0.3, -0.25) is 0 Å². The van der Waals surface area contributed by atoms with Crippen LogP contribution in [0.25, 0.3) is 16.8 Å². The zero-order valence-electron chi connectivity index (χ0n) is 10.3. The molecule has 0 bridgehead atoms. The third-order valence-corrected chi connectivity index (χ3v) is 3.33. The van der Waals surface area contributed by atoms with E-state index in [0.29, 0.717) is 5.88 Å². The van der Waals surface area contributed by atoms with Crippen molar-refractivity contribution in [1.29, 1.82) is 0 Å². The van der Waals surface area contributed by atoms with Gasteiger partial charge in [-0.15, -0.1) is 11.6 Å². The zero-order valence-corrected chi connectivity index (χ0v) is 11.1. The summed E-state index contributed by atoms with van der Waals surface area (Å²) in [6, 6.07) is 18.3. The summed E-state index contributed by atoms with van der Waals surface area (Å²) >= 11 is 5.86. The Kier molecular flexibility index (Phi) is 3.34. The molecule has 2 aromatic carbocycles. The molecule has 1 aromatic heterocycles. The molecular formula is C16H13ClN2. The molecule has 0 saturated heterocycles. The molecule has 19 heavy (non-hydrogen) atoms. The standard InChI is InChI=1S/C16H13ClN2/c17-10-13-5-4-8-16(9-13)19-12-15(11-18-19)14-6-2-1-3-7-14/h1-9,11-12H,10H2. The second-order valence-electron chi connectivity index (χ2n) is 4.34. The van der Waals surface area contributed by atoms with E-state index < -0.39 is 0 Å². The van der Waals surface area contributed by atoms with Gasteiger partial charge in [0.15, 0.2) is 0 Å². The molecule has 0 atom stereocenters. The lowest BCUT2D eigenvalue weighted by molar-refractivity contribution is 0.879. The van der Waals surface area contributed by atoms with Crippen molar-refractivity contribution in [3.8, 4) is 16.8 Å². The molecule has 0 aliphatic heterocycles. The maximum atomic E-state index is 5.86. The van der Waals surface area contributed by atoms with E-state index in [1.165, 1.54) is 5.56 Å². The van der Waals surface area contributed by atoms with Gasteiger partial charge in [0.25, 0.3) is 0 Å². The highest BCUT2D eigenvalue weighted by molar-refractivity contribution is 6.17. The highest BCUT2D eigenvalue weighted by Crippen LogP contribution is 2.20. The van der Waals surface area contributed by atoms with Crippen molar-refractivity contribution in [1.82, 2.24) is 9.78 Å². The van der Waals surface area contributed by atoms with Gasteiger partial charge in [-0.1, -0.05) is 42.5 Å². The van der Waals surface area contributed by atoms with E-state index >= 15 is 0 Å². The number of hydrogen-bond donors (Lipinski definition) is 0. The molecule has 1 heterocycles. The van der Waals surface area contributed by atoms with Gasteiger partial charge in [-0.2, -0.15) is 5.10 Å². The summed E-state index contributed by atoms with van der Waals surface area (Å²) in [4.78, 5) is 0. The van der Waals surface area contributed by atoms with Crippen LogP contribution >= 0.6 is 11.6 Å². The van der Waals surface area contributed by atoms with Gasteiger partial charge in [0.1, 0.15) is 0 Å². The Hall–Kier alpha value is -2.06. The molecule has 0 unspecified atom stereocenters. The zero-order chi connectivity index (χ0) is 13.1. The molecule has 3 rings (SSSR count). The minimum atomic E-state index is 0.515. The van der Waals surface area contributed by atoms with Gasteiger partial charge in [0.2, 0.25) is 0 Å². The molecule has 2 nitrogen and oxygen atoms in total. The average Bonchev–Trinajstić information content (AvgIpc) is 2.98. The van der Waals surface area contributed by atoms with Gasteiger partial charge in [-0.25, -0.2) is 4.68 Å². The number of nitrogens with zero attached hydrogens (tertiary/aromatic N) is 2. The van der Waals surface area contributed by atoms with Crippen molar-refractivity contribution in [2.75, 3.05) is 0 Å². The van der Waals surface area contributed by atoms with Crippen LogP contribution in [0.2, 0.25) is 0 Å². The monoisotopic (exact) mass is 268 g/mol. The van der Waals surface area contributed by atoms with Crippen LogP contribution in [0.1, 0.15) is 5.56 Å². The summed E-state index contributed by atoms with van der Waals surface area (Å²) in [5.41, 5.74) is 4.40. The van der Waals surface area contributed by atoms with Crippen molar-refractivity contribution in [2.24, 2.45) is 0 Å². The fraction of sp³-hybridized carbons (Fsp3) is 0.0625. The Bertz CT molecular complexity index is 674. The van der Waals surface area contributed by atoms with Gasteiger partial charge in [0, 0.05) is 17.6 Å². The predicted octanol–water partition coefficient (Wildman–Crippen LogP) is 4.28. The molecule has 0 aliphatic carbocycles. The van der Waals surface area contributed by atoms with Crippen LogP contribution in [0.5, 0.6) is 0 Å². The minimum absolute atomic E-state index is 0.515. The van der Waals surface area contributed by atoms with Gasteiger partial charge < -0.3 is 0 Å².